The summed E-state index contributed by atoms with van der Waals surface area (Å²) in [6.07, 6.45) is 2.90. The highest BCUT2D eigenvalue weighted by Gasteiger charge is 2.43. The Labute approximate surface area is 200 Å². The molecule has 31 heavy (non-hydrogen) atoms. The highest BCUT2D eigenvalue weighted by Crippen LogP contribution is 2.43. The van der Waals surface area contributed by atoms with E-state index in [0.717, 1.165) is 58.1 Å². The molecule has 3 aliphatic rings. The Bertz CT molecular complexity index is 789. The smallest absolute Gasteiger partial charge is 0.239 e. The number of aliphatic imine (C=N–C) groups is 1. The lowest BCUT2D eigenvalue weighted by atomic mass is 10.1. The van der Waals surface area contributed by atoms with Gasteiger partial charge in [-0.2, -0.15) is 0 Å². The fourth-order valence-corrected chi connectivity index (χ4v) is 4.68. The van der Waals surface area contributed by atoms with Crippen molar-refractivity contribution in [2.24, 2.45) is 4.99 Å². The molecule has 1 aliphatic carbocycles. The lowest BCUT2D eigenvalue weighted by Crippen LogP contribution is -2.57. The van der Waals surface area contributed by atoms with Crippen molar-refractivity contribution in [1.29, 1.82) is 0 Å². The number of amides is 1. The van der Waals surface area contributed by atoms with E-state index in [2.05, 4.69) is 20.1 Å². The number of benzene rings is 1. The molecule has 2 saturated heterocycles. The van der Waals surface area contributed by atoms with Gasteiger partial charge in [0.2, 0.25) is 5.91 Å². The number of nitrogens with zero attached hydrogens (tertiary/aromatic N) is 4. The average Bonchev–Trinajstić information content (AvgIpc) is 3.27. The second-order valence-electron chi connectivity index (χ2n) is 8.51. The zero-order valence-corrected chi connectivity index (χ0v) is 20.5. The first-order valence-electron chi connectivity index (χ1n) is 10.9. The third kappa shape index (κ3) is 5.30. The average molecular weight is 547 g/mol. The molecule has 0 aromatic heterocycles. The molecular formula is C22H32F2IN5O. The number of likely N-dealkylation sites (tertiary alicyclic amines) is 1. The highest BCUT2D eigenvalue weighted by molar-refractivity contribution is 14.0. The predicted molar refractivity (Wildman–Crippen MR) is 128 cm³/mol. The molecule has 1 N–H and O–H groups in total. The molecule has 9 heteroatoms. The number of hydrogen-bond acceptors (Lipinski definition) is 3. The predicted octanol–water partition coefficient (Wildman–Crippen LogP) is 2.64. The van der Waals surface area contributed by atoms with Gasteiger partial charge >= 0.3 is 0 Å². The molecule has 0 bridgehead atoms. The Kier molecular flexibility index (Phi) is 8.12. The number of nitrogens with one attached hydrogen (secondary N) is 1. The summed E-state index contributed by atoms with van der Waals surface area (Å²) in [5.41, 5.74) is 0.171. The zero-order chi connectivity index (χ0) is 21.3. The molecule has 4 rings (SSSR count). The van der Waals surface area contributed by atoms with Crippen molar-refractivity contribution in [1.82, 2.24) is 20.0 Å². The van der Waals surface area contributed by atoms with Crippen LogP contribution in [0.5, 0.6) is 0 Å². The van der Waals surface area contributed by atoms with Crippen LogP contribution < -0.4 is 5.32 Å². The van der Waals surface area contributed by atoms with Crippen molar-refractivity contribution in [2.75, 3.05) is 46.3 Å². The summed E-state index contributed by atoms with van der Waals surface area (Å²) in [5, 5.41) is 3.37. The van der Waals surface area contributed by atoms with Gasteiger partial charge < -0.3 is 15.1 Å². The number of carbonyl (C=O) groups is 1. The van der Waals surface area contributed by atoms with Crippen LogP contribution in [0.25, 0.3) is 0 Å². The second kappa shape index (κ2) is 10.4. The SMILES string of the molecule is CN=C(NC1CC1c1c(F)cccc1F)N1CCN(C(C)C(=O)N2CCCC2)CC1.I. The van der Waals surface area contributed by atoms with Crippen LogP contribution >= 0.6 is 24.0 Å². The summed E-state index contributed by atoms with van der Waals surface area (Å²) >= 11 is 0. The summed E-state index contributed by atoms with van der Waals surface area (Å²) in [4.78, 5) is 23.4. The van der Waals surface area contributed by atoms with Crippen LogP contribution in [0.3, 0.4) is 0 Å². The topological polar surface area (TPSA) is 51.2 Å². The molecular weight excluding hydrogens is 515 g/mol. The number of piperazine rings is 1. The first kappa shape index (κ1) is 24.2. The molecule has 3 fully saturated rings. The van der Waals surface area contributed by atoms with Crippen molar-refractivity contribution in [3.05, 3.63) is 35.4 Å². The van der Waals surface area contributed by atoms with E-state index in [0.29, 0.717) is 6.42 Å². The van der Waals surface area contributed by atoms with Crippen LogP contribution in [0, 0.1) is 11.6 Å². The Morgan fingerprint density at radius 1 is 1.06 bits per heavy atom. The Morgan fingerprint density at radius 2 is 1.68 bits per heavy atom. The summed E-state index contributed by atoms with van der Waals surface area (Å²) in [7, 11) is 1.73. The monoisotopic (exact) mass is 547 g/mol. The maximum atomic E-state index is 14.0. The molecule has 0 spiro atoms. The first-order chi connectivity index (χ1) is 14.5. The molecule has 172 valence electrons. The Balaban J connectivity index is 0.00000272. The van der Waals surface area contributed by atoms with E-state index in [4.69, 9.17) is 0 Å². The third-order valence-corrected chi connectivity index (χ3v) is 6.62. The largest absolute Gasteiger partial charge is 0.353 e. The van der Waals surface area contributed by atoms with Gasteiger partial charge in [0, 0.05) is 63.8 Å². The molecule has 3 atom stereocenters. The minimum atomic E-state index is -0.482. The van der Waals surface area contributed by atoms with Gasteiger partial charge in [-0.15, -0.1) is 24.0 Å². The number of hydrogen-bond donors (Lipinski definition) is 1. The second-order valence-corrected chi connectivity index (χ2v) is 8.51. The van der Waals surface area contributed by atoms with E-state index in [-0.39, 0.29) is 53.4 Å². The number of halogens is 3. The van der Waals surface area contributed by atoms with Crippen LogP contribution in [-0.4, -0.2) is 85.0 Å². The van der Waals surface area contributed by atoms with Gasteiger partial charge in [-0.1, -0.05) is 6.07 Å². The van der Waals surface area contributed by atoms with Crippen molar-refractivity contribution in [3.8, 4) is 0 Å². The van der Waals surface area contributed by atoms with Crippen LogP contribution in [-0.2, 0) is 4.79 Å². The third-order valence-electron chi connectivity index (χ3n) is 6.62. The molecule has 1 aromatic carbocycles. The zero-order valence-electron chi connectivity index (χ0n) is 18.2. The fourth-order valence-electron chi connectivity index (χ4n) is 4.68. The lowest BCUT2D eigenvalue weighted by Gasteiger charge is -2.39. The lowest BCUT2D eigenvalue weighted by molar-refractivity contribution is -0.135. The Morgan fingerprint density at radius 3 is 2.26 bits per heavy atom. The summed E-state index contributed by atoms with van der Waals surface area (Å²) in [6.45, 7) is 6.87. The Hall–Kier alpha value is -1.49. The molecule has 0 radical (unpaired) electrons. The van der Waals surface area contributed by atoms with Gasteiger partial charge in [-0.25, -0.2) is 8.78 Å². The maximum absolute atomic E-state index is 14.0. The quantitative estimate of drug-likeness (QED) is 0.358. The van der Waals surface area contributed by atoms with Crippen LogP contribution in [0.4, 0.5) is 8.78 Å². The van der Waals surface area contributed by atoms with Crippen molar-refractivity contribution in [2.45, 2.75) is 44.2 Å². The van der Waals surface area contributed by atoms with E-state index < -0.39 is 11.6 Å². The van der Waals surface area contributed by atoms with Gasteiger partial charge in [-0.05, 0) is 38.3 Å². The van der Waals surface area contributed by atoms with E-state index in [1.807, 2.05) is 11.8 Å². The first-order valence-corrected chi connectivity index (χ1v) is 10.9. The summed E-state index contributed by atoms with van der Waals surface area (Å²) in [6, 6.07) is 3.91. The van der Waals surface area contributed by atoms with Gasteiger partial charge in [0.25, 0.3) is 0 Å². The van der Waals surface area contributed by atoms with Crippen LogP contribution in [0.2, 0.25) is 0 Å². The van der Waals surface area contributed by atoms with Crippen LogP contribution in [0.1, 0.15) is 37.7 Å². The van der Waals surface area contributed by atoms with Gasteiger partial charge in [0.05, 0.1) is 6.04 Å². The van der Waals surface area contributed by atoms with E-state index in [1.165, 1.54) is 18.2 Å². The number of guanidine groups is 1. The summed E-state index contributed by atoms with van der Waals surface area (Å²) < 4.78 is 28.1. The molecule has 1 aromatic rings. The van der Waals surface area contributed by atoms with Gasteiger partial charge in [0.15, 0.2) is 5.96 Å². The molecule has 1 saturated carbocycles. The van der Waals surface area contributed by atoms with Gasteiger partial charge in [-0.3, -0.25) is 14.7 Å². The van der Waals surface area contributed by atoms with Crippen LogP contribution in [0.15, 0.2) is 23.2 Å². The van der Waals surface area contributed by atoms with Crippen molar-refractivity contribution >= 4 is 35.8 Å². The molecule has 2 heterocycles. The molecule has 2 aliphatic heterocycles. The molecule has 6 nitrogen and oxygen atoms in total. The van der Waals surface area contributed by atoms with E-state index in [1.54, 1.807) is 7.05 Å². The van der Waals surface area contributed by atoms with E-state index in [9.17, 15) is 13.6 Å². The normalized spacial score (nSPS) is 25.2. The maximum Gasteiger partial charge on any atom is 0.239 e. The fraction of sp³-hybridized carbons (Fsp3) is 0.636. The molecule has 1 amide bonds. The number of carbonyl (C=O) groups excluding carboxylic acids is 1. The minimum absolute atomic E-state index is 0. The van der Waals surface area contributed by atoms with Crippen molar-refractivity contribution < 1.29 is 13.6 Å². The standard InChI is InChI=1S/C22H31F2N5O.HI/c1-15(21(30)28-8-3-4-9-28)27-10-12-29(13-11-27)22(25-2)26-19-14-16(19)20-17(23)6-5-7-18(20)24;/h5-7,15-16,19H,3-4,8-14H2,1-2H3,(H,25,26);1H. The van der Waals surface area contributed by atoms with E-state index >= 15 is 0 Å². The molecule has 3 unspecified atom stereocenters. The van der Waals surface area contributed by atoms with Gasteiger partial charge in [0.1, 0.15) is 11.6 Å². The highest BCUT2D eigenvalue weighted by atomic mass is 127. The number of rotatable bonds is 4. The van der Waals surface area contributed by atoms with Crippen molar-refractivity contribution in [3.63, 3.8) is 0 Å². The summed E-state index contributed by atoms with van der Waals surface area (Å²) in [5.74, 6) is -0.134. The minimum Gasteiger partial charge on any atom is -0.353 e.